The molecule has 0 amide bonds. The van der Waals surface area contributed by atoms with Crippen LogP contribution in [0.4, 0.5) is 0 Å². The zero-order chi connectivity index (χ0) is 9.54. The Labute approximate surface area is 87.0 Å². The molecule has 0 aromatic heterocycles. The highest BCUT2D eigenvalue weighted by atomic mass is 15.3. The zero-order valence-corrected chi connectivity index (χ0v) is 9.21. The fourth-order valence-electron chi connectivity index (χ4n) is 3.76. The Hall–Kier alpha value is -0.0800. The lowest BCUT2D eigenvalue weighted by molar-refractivity contribution is 0.0536. The van der Waals surface area contributed by atoms with Crippen molar-refractivity contribution >= 4 is 0 Å². The number of rotatable bonds is 0. The Balaban J connectivity index is 1.76. The van der Waals surface area contributed by atoms with Gasteiger partial charge in [0.25, 0.3) is 0 Å². The van der Waals surface area contributed by atoms with Crippen LogP contribution in [0.15, 0.2) is 0 Å². The summed E-state index contributed by atoms with van der Waals surface area (Å²) >= 11 is 0. The van der Waals surface area contributed by atoms with Crippen LogP contribution in [0.2, 0.25) is 0 Å². The minimum absolute atomic E-state index is 0.820. The summed E-state index contributed by atoms with van der Waals surface area (Å²) in [7, 11) is 0. The van der Waals surface area contributed by atoms with Crippen molar-refractivity contribution in [3.63, 3.8) is 0 Å². The Kier molecular flexibility index (Phi) is 2.29. The highest BCUT2D eigenvalue weighted by molar-refractivity contribution is 4.99. The highest BCUT2D eigenvalue weighted by Crippen LogP contribution is 2.34. The van der Waals surface area contributed by atoms with Gasteiger partial charge in [-0.3, -0.25) is 4.90 Å². The van der Waals surface area contributed by atoms with E-state index in [4.69, 9.17) is 0 Å². The molecule has 0 bridgehead atoms. The summed E-state index contributed by atoms with van der Waals surface area (Å²) in [6.07, 6.45) is 7.16. The van der Waals surface area contributed by atoms with E-state index in [-0.39, 0.29) is 0 Å². The van der Waals surface area contributed by atoms with Crippen LogP contribution in [0.25, 0.3) is 0 Å². The van der Waals surface area contributed by atoms with Crippen molar-refractivity contribution in [3.05, 3.63) is 0 Å². The van der Waals surface area contributed by atoms with Gasteiger partial charge in [-0.1, -0.05) is 6.92 Å². The van der Waals surface area contributed by atoms with Crippen LogP contribution in [-0.2, 0) is 0 Å². The Morgan fingerprint density at radius 3 is 3.07 bits per heavy atom. The van der Waals surface area contributed by atoms with Gasteiger partial charge in [0, 0.05) is 24.7 Å². The van der Waals surface area contributed by atoms with Crippen molar-refractivity contribution in [2.75, 3.05) is 13.1 Å². The molecule has 2 heterocycles. The lowest BCUT2D eigenvalue weighted by Gasteiger charge is -2.47. The van der Waals surface area contributed by atoms with Crippen molar-refractivity contribution in [2.24, 2.45) is 5.92 Å². The molecule has 2 nitrogen and oxygen atoms in total. The van der Waals surface area contributed by atoms with E-state index in [0.29, 0.717) is 0 Å². The van der Waals surface area contributed by atoms with Gasteiger partial charge in [0.2, 0.25) is 0 Å². The molecule has 2 heteroatoms. The van der Waals surface area contributed by atoms with Crippen molar-refractivity contribution in [1.82, 2.24) is 10.2 Å². The van der Waals surface area contributed by atoms with Gasteiger partial charge in [-0.15, -0.1) is 0 Å². The van der Waals surface area contributed by atoms with E-state index < -0.39 is 0 Å². The van der Waals surface area contributed by atoms with Crippen LogP contribution in [-0.4, -0.2) is 36.1 Å². The second kappa shape index (κ2) is 3.49. The number of hydrogen-bond donors (Lipinski definition) is 1. The molecule has 0 aromatic rings. The number of piperazine rings is 1. The molecule has 3 aliphatic rings. The molecule has 3 fully saturated rings. The molecule has 0 aromatic carbocycles. The predicted molar refractivity (Wildman–Crippen MR) is 58.3 cm³/mol. The van der Waals surface area contributed by atoms with E-state index in [2.05, 4.69) is 17.1 Å². The molecule has 4 atom stereocenters. The lowest BCUT2D eigenvalue weighted by atomic mass is 9.81. The molecular formula is C12H22N2. The van der Waals surface area contributed by atoms with E-state index in [1.54, 1.807) is 0 Å². The Morgan fingerprint density at radius 2 is 2.14 bits per heavy atom. The molecule has 14 heavy (non-hydrogen) atoms. The van der Waals surface area contributed by atoms with Gasteiger partial charge < -0.3 is 5.32 Å². The standard InChI is InChI=1S/C12H22N2/c1-9-4-5-11-12(7-9)14-6-2-3-10(14)8-13-11/h9-13H,2-8H2,1H3. The van der Waals surface area contributed by atoms with Crippen LogP contribution in [0.5, 0.6) is 0 Å². The first kappa shape index (κ1) is 9.17. The predicted octanol–water partition coefficient (Wildman–Crippen LogP) is 1.61. The topological polar surface area (TPSA) is 15.3 Å². The molecule has 1 N–H and O–H groups in total. The number of nitrogens with zero attached hydrogens (tertiary/aromatic N) is 1. The smallest absolute Gasteiger partial charge is 0.0255 e. The van der Waals surface area contributed by atoms with Crippen molar-refractivity contribution < 1.29 is 0 Å². The van der Waals surface area contributed by atoms with Crippen molar-refractivity contribution in [3.8, 4) is 0 Å². The quantitative estimate of drug-likeness (QED) is 0.630. The molecule has 3 rings (SSSR count). The van der Waals surface area contributed by atoms with E-state index in [0.717, 1.165) is 24.0 Å². The van der Waals surface area contributed by atoms with Crippen molar-refractivity contribution in [2.45, 2.75) is 57.2 Å². The summed E-state index contributed by atoms with van der Waals surface area (Å²) in [5.41, 5.74) is 0. The minimum atomic E-state index is 0.820. The average molecular weight is 194 g/mol. The lowest BCUT2D eigenvalue weighted by Crippen LogP contribution is -2.62. The summed E-state index contributed by atoms with van der Waals surface area (Å²) < 4.78 is 0. The minimum Gasteiger partial charge on any atom is -0.311 e. The van der Waals surface area contributed by atoms with Gasteiger partial charge in [-0.2, -0.15) is 0 Å². The first-order chi connectivity index (χ1) is 6.84. The van der Waals surface area contributed by atoms with Crippen molar-refractivity contribution in [1.29, 1.82) is 0 Å². The molecule has 0 spiro atoms. The maximum atomic E-state index is 3.77. The second-order valence-electron chi connectivity index (χ2n) is 5.53. The van der Waals surface area contributed by atoms with Gasteiger partial charge in [0.1, 0.15) is 0 Å². The van der Waals surface area contributed by atoms with E-state index in [1.165, 1.54) is 45.2 Å². The summed E-state index contributed by atoms with van der Waals surface area (Å²) in [5, 5.41) is 3.77. The number of fused-ring (bicyclic) bond motifs is 3. The van der Waals surface area contributed by atoms with E-state index >= 15 is 0 Å². The maximum Gasteiger partial charge on any atom is 0.0255 e. The number of nitrogens with one attached hydrogen (secondary N) is 1. The summed E-state index contributed by atoms with van der Waals surface area (Å²) in [6, 6.07) is 2.57. The van der Waals surface area contributed by atoms with E-state index in [9.17, 15) is 0 Å². The van der Waals surface area contributed by atoms with Crippen LogP contribution >= 0.6 is 0 Å². The SMILES string of the molecule is CC1CCC2NCC3CCCN3C2C1. The fourth-order valence-corrected chi connectivity index (χ4v) is 3.76. The second-order valence-corrected chi connectivity index (χ2v) is 5.53. The monoisotopic (exact) mass is 194 g/mol. The van der Waals surface area contributed by atoms with Gasteiger partial charge in [-0.25, -0.2) is 0 Å². The van der Waals surface area contributed by atoms with Crippen LogP contribution in [0.1, 0.15) is 39.0 Å². The summed E-state index contributed by atoms with van der Waals surface area (Å²) in [4.78, 5) is 2.82. The summed E-state index contributed by atoms with van der Waals surface area (Å²) in [6.45, 7) is 5.06. The normalized spacial score (nSPS) is 48.6. The molecule has 4 unspecified atom stereocenters. The van der Waals surface area contributed by atoms with Crippen LogP contribution in [0, 0.1) is 5.92 Å². The fraction of sp³-hybridized carbons (Fsp3) is 1.00. The van der Waals surface area contributed by atoms with E-state index in [1.807, 2.05) is 0 Å². The average Bonchev–Trinajstić information content (AvgIpc) is 2.65. The third-order valence-electron chi connectivity index (χ3n) is 4.54. The maximum absolute atomic E-state index is 3.77. The van der Waals surface area contributed by atoms with Crippen LogP contribution < -0.4 is 5.32 Å². The molecule has 1 saturated carbocycles. The molecule has 80 valence electrons. The molecular weight excluding hydrogens is 172 g/mol. The van der Waals surface area contributed by atoms with Gasteiger partial charge >= 0.3 is 0 Å². The largest absolute Gasteiger partial charge is 0.311 e. The molecule has 1 aliphatic carbocycles. The Morgan fingerprint density at radius 1 is 1.21 bits per heavy atom. The third-order valence-corrected chi connectivity index (χ3v) is 4.54. The van der Waals surface area contributed by atoms with Crippen LogP contribution in [0.3, 0.4) is 0 Å². The first-order valence-corrected chi connectivity index (χ1v) is 6.34. The Bertz CT molecular complexity index is 216. The molecule has 0 radical (unpaired) electrons. The molecule has 2 aliphatic heterocycles. The molecule has 2 saturated heterocycles. The third kappa shape index (κ3) is 1.40. The van der Waals surface area contributed by atoms with Gasteiger partial charge in [-0.05, 0) is 44.6 Å². The highest BCUT2D eigenvalue weighted by Gasteiger charge is 2.41. The van der Waals surface area contributed by atoms with Gasteiger partial charge in [0.05, 0.1) is 0 Å². The number of hydrogen-bond acceptors (Lipinski definition) is 2. The van der Waals surface area contributed by atoms with Gasteiger partial charge in [0.15, 0.2) is 0 Å². The zero-order valence-electron chi connectivity index (χ0n) is 9.21. The first-order valence-electron chi connectivity index (χ1n) is 6.34. The summed E-state index contributed by atoms with van der Waals surface area (Å²) in [5.74, 6) is 0.956.